The molecule has 0 aliphatic carbocycles. The minimum absolute atomic E-state index is 0.282. The molecule has 0 saturated carbocycles. The molecule has 0 N–H and O–H groups in total. The van der Waals surface area contributed by atoms with Gasteiger partial charge >= 0.3 is 6.18 Å². The largest absolute Gasteiger partial charge is 0.491 e. The highest BCUT2D eigenvalue weighted by atomic mass is 19.4. The number of ketones is 1. The van der Waals surface area contributed by atoms with E-state index in [0.29, 0.717) is 23.9 Å². The molecular weight excluding hydrogens is 391 g/mol. The van der Waals surface area contributed by atoms with E-state index in [2.05, 4.69) is 13.8 Å². The molecule has 2 aromatic carbocycles. The van der Waals surface area contributed by atoms with Crippen LogP contribution in [0.1, 0.15) is 53.7 Å². The van der Waals surface area contributed by atoms with Crippen LogP contribution >= 0.6 is 0 Å². The Bertz CT molecular complexity index is 1060. The molecule has 0 bridgehead atoms. The number of rotatable bonds is 7. The third kappa shape index (κ3) is 4.37. The third-order valence-corrected chi connectivity index (χ3v) is 5.25. The van der Waals surface area contributed by atoms with Crippen molar-refractivity contribution in [2.75, 3.05) is 6.61 Å². The van der Waals surface area contributed by atoms with Gasteiger partial charge in [-0.15, -0.1) is 0 Å². The highest BCUT2D eigenvalue weighted by Crippen LogP contribution is 2.31. The molecule has 0 fully saturated rings. The molecular formula is C24H26F3NO2. The molecule has 0 atom stereocenters. The normalized spacial score (nSPS) is 12.0. The van der Waals surface area contributed by atoms with Crippen molar-refractivity contribution in [3.63, 3.8) is 0 Å². The second-order valence-electron chi connectivity index (χ2n) is 7.77. The van der Waals surface area contributed by atoms with Gasteiger partial charge in [-0.1, -0.05) is 51.1 Å². The van der Waals surface area contributed by atoms with E-state index < -0.39 is 12.0 Å². The summed E-state index contributed by atoms with van der Waals surface area (Å²) < 4.78 is 47.0. The van der Waals surface area contributed by atoms with Gasteiger partial charge in [0.25, 0.3) is 5.78 Å². The Morgan fingerprint density at radius 2 is 1.90 bits per heavy atom. The van der Waals surface area contributed by atoms with Gasteiger partial charge in [-0.2, -0.15) is 13.2 Å². The van der Waals surface area contributed by atoms with Crippen LogP contribution in [0.2, 0.25) is 0 Å². The Morgan fingerprint density at radius 1 is 1.17 bits per heavy atom. The van der Waals surface area contributed by atoms with E-state index in [1.165, 1.54) is 6.20 Å². The average molecular weight is 417 g/mol. The zero-order valence-electron chi connectivity index (χ0n) is 17.6. The number of benzene rings is 2. The summed E-state index contributed by atoms with van der Waals surface area (Å²) in [4.78, 5) is 12.0. The molecule has 1 heterocycles. The van der Waals surface area contributed by atoms with Gasteiger partial charge in [0.1, 0.15) is 12.4 Å². The number of Topliss-reactive ketones (excluding diaryl/α,β-unsaturated/α-hetero) is 1. The number of alkyl halides is 3. The zero-order chi connectivity index (χ0) is 22.1. The van der Waals surface area contributed by atoms with Crippen molar-refractivity contribution in [3.05, 3.63) is 64.8 Å². The molecule has 160 valence electrons. The number of aryl methyl sites for hydroxylation is 2. The topological polar surface area (TPSA) is 31.2 Å². The Kier molecular flexibility index (Phi) is 6.25. The Hall–Kier alpha value is -2.76. The van der Waals surface area contributed by atoms with Crippen molar-refractivity contribution in [3.8, 4) is 5.75 Å². The average Bonchev–Trinajstić information content (AvgIpc) is 3.05. The number of hydrogen-bond acceptors (Lipinski definition) is 2. The van der Waals surface area contributed by atoms with Gasteiger partial charge in [0.05, 0.1) is 17.6 Å². The number of carbonyl (C=O) groups excluding carboxylic acids is 1. The smallest absolute Gasteiger partial charge is 0.454 e. The Morgan fingerprint density at radius 3 is 2.53 bits per heavy atom. The van der Waals surface area contributed by atoms with Crippen molar-refractivity contribution in [2.45, 2.75) is 52.8 Å². The first-order valence-electron chi connectivity index (χ1n) is 10.1. The fourth-order valence-electron chi connectivity index (χ4n) is 3.73. The lowest BCUT2D eigenvalue weighted by molar-refractivity contribution is -0.0884. The quantitative estimate of drug-likeness (QED) is 0.413. The molecule has 0 unspecified atom stereocenters. The predicted molar refractivity (Wildman–Crippen MR) is 112 cm³/mol. The highest BCUT2D eigenvalue weighted by Gasteiger charge is 2.41. The first-order valence-corrected chi connectivity index (χ1v) is 10.1. The van der Waals surface area contributed by atoms with E-state index in [1.54, 1.807) is 16.7 Å². The maximum absolute atomic E-state index is 13.1. The summed E-state index contributed by atoms with van der Waals surface area (Å²) in [6.45, 7) is 8.71. The van der Waals surface area contributed by atoms with Crippen LogP contribution in [-0.4, -0.2) is 23.1 Å². The third-order valence-electron chi connectivity index (χ3n) is 5.25. The molecule has 1 aromatic heterocycles. The maximum atomic E-state index is 13.1. The number of halogens is 3. The van der Waals surface area contributed by atoms with Crippen molar-refractivity contribution >= 4 is 16.7 Å². The molecule has 0 radical (unpaired) electrons. The van der Waals surface area contributed by atoms with Gasteiger partial charge in [0, 0.05) is 11.6 Å². The highest BCUT2D eigenvalue weighted by molar-refractivity contribution is 6.11. The van der Waals surface area contributed by atoms with Gasteiger partial charge in [-0.05, 0) is 42.0 Å². The molecule has 3 nitrogen and oxygen atoms in total. The lowest BCUT2D eigenvalue weighted by Gasteiger charge is -2.16. The minimum Gasteiger partial charge on any atom is -0.491 e. The lowest BCUT2D eigenvalue weighted by atomic mass is 10.0. The van der Waals surface area contributed by atoms with E-state index in [9.17, 15) is 18.0 Å². The summed E-state index contributed by atoms with van der Waals surface area (Å²) in [7, 11) is 0. The first kappa shape index (κ1) is 21.9. The molecule has 0 aliphatic heterocycles. The van der Waals surface area contributed by atoms with E-state index in [4.69, 9.17) is 4.74 Å². The fraction of sp³-hybridized carbons (Fsp3) is 0.375. The van der Waals surface area contributed by atoms with Crippen LogP contribution < -0.4 is 4.74 Å². The van der Waals surface area contributed by atoms with Crippen LogP contribution in [0.3, 0.4) is 0 Å². The second kappa shape index (κ2) is 8.54. The van der Waals surface area contributed by atoms with Gasteiger partial charge in [0.2, 0.25) is 0 Å². The van der Waals surface area contributed by atoms with Crippen molar-refractivity contribution < 1.29 is 22.7 Å². The number of nitrogens with zero attached hydrogens (tertiary/aromatic N) is 1. The Labute approximate surface area is 174 Å². The molecule has 0 saturated heterocycles. The molecule has 0 amide bonds. The molecule has 3 aromatic rings. The standard InChI is InChI=1S/C24H26F3NO2/c1-5-17-7-6-8-19-20(23(29)24(25,26)27)14-28(22(17)19)11-12-30-21-13-16(4)9-10-18(21)15(2)3/h6-10,13-15H,5,11-12H2,1-4H3. The van der Waals surface area contributed by atoms with E-state index in [0.717, 1.165) is 22.4 Å². The predicted octanol–water partition coefficient (Wildman–Crippen LogP) is 6.46. The van der Waals surface area contributed by atoms with Gasteiger partial charge in [-0.3, -0.25) is 4.79 Å². The van der Waals surface area contributed by atoms with E-state index >= 15 is 0 Å². The number of para-hydroxylation sites is 1. The van der Waals surface area contributed by atoms with Crippen molar-refractivity contribution in [2.24, 2.45) is 0 Å². The molecule has 0 aliphatic rings. The fourth-order valence-corrected chi connectivity index (χ4v) is 3.73. The van der Waals surface area contributed by atoms with Crippen LogP contribution in [0.4, 0.5) is 13.2 Å². The summed E-state index contributed by atoms with van der Waals surface area (Å²) in [6, 6.07) is 11.2. The van der Waals surface area contributed by atoms with E-state index in [-0.39, 0.29) is 18.1 Å². The monoisotopic (exact) mass is 417 g/mol. The summed E-state index contributed by atoms with van der Waals surface area (Å²) in [5, 5.41) is 0.329. The molecule has 30 heavy (non-hydrogen) atoms. The molecule has 6 heteroatoms. The number of aromatic nitrogens is 1. The van der Waals surface area contributed by atoms with Crippen LogP contribution in [0, 0.1) is 6.92 Å². The lowest BCUT2D eigenvalue weighted by Crippen LogP contribution is -2.22. The van der Waals surface area contributed by atoms with Crippen LogP contribution in [0.15, 0.2) is 42.6 Å². The number of hydrogen-bond donors (Lipinski definition) is 0. The van der Waals surface area contributed by atoms with E-state index in [1.807, 2.05) is 38.1 Å². The summed E-state index contributed by atoms with van der Waals surface area (Å²) in [6.07, 6.45) is -2.95. The molecule has 3 rings (SSSR count). The summed E-state index contributed by atoms with van der Waals surface area (Å²) in [5.74, 6) is -0.749. The second-order valence-corrected chi connectivity index (χ2v) is 7.77. The number of ether oxygens (including phenoxy) is 1. The van der Waals surface area contributed by atoms with Gasteiger partial charge in [0.15, 0.2) is 0 Å². The SMILES string of the molecule is CCc1cccc2c(C(=O)C(F)(F)F)cn(CCOc3cc(C)ccc3C(C)C)c12. The number of carbonyl (C=O) groups is 1. The van der Waals surface area contributed by atoms with Gasteiger partial charge < -0.3 is 9.30 Å². The van der Waals surface area contributed by atoms with Crippen molar-refractivity contribution in [1.82, 2.24) is 4.57 Å². The minimum atomic E-state index is -4.91. The number of fused-ring (bicyclic) bond motifs is 1. The summed E-state index contributed by atoms with van der Waals surface area (Å²) >= 11 is 0. The Balaban J connectivity index is 1.94. The van der Waals surface area contributed by atoms with Crippen LogP contribution in [0.25, 0.3) is 10.9 Å². The van der Waals surface area contributed by atoms with Crippen LogP contribution in [0.5, 0.6) is 5.75 Å². The maximum Gasteiger partial charge on any atom is 0.454 e. The molecule has 0 spiro atoms. The first-order chi connectivity index (χ1) is 14.1. The van der Waals surface area contributed by atoms with Gasteiger partial charge in [-0.25, -0.2) is 0 Å². The van der Waals surface area contributed by atoms with Crippen LogP contribution in [-0.2, 0) is 13.0 Å². The zero-order valence-corrected chi connectivity index (χ0v) is 17.6. The summed E-state index contributed by atoms with van der Waals surface area (Å²) in [5.41, 5.74) is 3.40. The van der Waals surface area contributed by atoms with Crippen molar-refractivity contribution in [1.29, 1.82) is 0 Å².